The lowest BCUT2D eigenvalue weighted by molar-refractivity contribution is -0.548. The van der Waals surface area contributed by atoms with E-state index >= 15 is 0 Å². The summed E-state index contributed by atoms with van der Waals surface area (Å²) in [5.41, 5.74) is 0. The van der Waals surface area contributed by atoms with Gasteiger partial charge >= 0.3 is 9.52 Å². The van der Waals surface area contributed by atoms with Crippen molar-refractivity contribution in [3.8, 4) is 0 Å². The van der Waals surface area contributed by atoms with Gasteiger partial charge in [-0.1, -0.05) is 23.2 Å². The molecule has 0 saturated carbocycles. The Morgan fingerprint density at radius 3 is 1.80 bits per heavy atom. The molecular weight excluding hydrogens is 204 g/mol. The van der Waals surface area contributed by atoms with Gasteiger partial charge in [-0.25, -0.2) is 0 Å². The van der Waals surface area contributed by atoms with Gasteiger partial charge in [0.2, 0.25) is 0 Å². The van der Waals surface area contributed by atoms with E-state index < -0.39 is 14.4 Å². The quantitative estimate of drug-likeness (QED) is 0.322. The molecule has 0 fully saturated rings. The topological polar surface area (TPSA) is 63.4 Å². The van der Waals surface area contributed by atoms with Gasteiger partial charge < -0.3 is 5.11 Å². The zero-order chi connectivity index (χ0) is 8.58. The molecule has 60 valence electrons. The van der Waals surface area contributed by atoms with Crippen LogP contribution in [-0.2, 0) is 0 Å². The first-order valence-corrected chi connectivity index (χ1v) is 3.26. The van der Waals surface area contributed by atoms with Crippen LogP contribution in [0.4, 0.5) is 0 Å². The molecule has 0 aromatic heterocycles. The molecule has 0 heterocycles. The van der Waals surface area contributed by atoms with Gasteiger partial charge in [0.1, 0.15) is 0 Å². The highest BCUT2D eigenvalue weighted by atomic mass is 35.5. The molecule has 4 nitrogen and oxygen atoms in total. The fourth-order valence-electron chi connectivity index (χ4n) is 0.110. The van der Waals surface area contributed by atoms with Crippen molar-refractivity contribution in [1.82, 2.24) is 0 Å². The van der Waals surface area contributed by atoms with Gasteiger partial charge in [-0.2, -0.15) is 0 Å². The number of rotatable bonds is 2. The number of hydrogen-bond acceptors (Lipinski definition) is 3. The van der Waals surface area contributed by atoms with E-state index in [1.165, 1.54) is 0 Å². The Labute approximate surface area is 71.8 Å². The fraction of sp³-hybridized carbons (Fsp3) is 1.00. The van der Waals surface area contributed by atoms with Crippen molar-refractivity contribution in [2.24, 2.45) is 0 Å². The second kappa shape index (κ2) is 2.70. The van der Waals surface area contributed by atoms with E-state index in [0.29, 0.717) is 0 Å². The predicted molar refractivity (Wildman–Crippen MR) is 37.9 cm³/mol. The summed E-state index contributed by atoms with van der Waals surface area (Å²) >= 11 is 15.1. The molecule has 0 saturated heterocycles. The van der Waals surface area contributed by atoms with E-state index in [1.54, 1.807) is 0 Å². The van der Waals surface area contributed by atoms with Crippen molar-refractivity contribution in [2.45, 2.75) is 16.4 Å². The Bertz CT molecular complexity index is 152. The molecular formula is C3H4Cl3NO3. The second-order valence-corrected chi connectivity index (χ2v) is 3.78. The first-order valence-electron chi connectivity index (χ1n) is 2.13. The lowest BCUT2D eigenvalue weighted by Crippen LogP contribution is -2.45. The maximum atomic E-state index is 10.0. The molecule has 1 N–H and O–H groups in total. The minimum Gasteiger partial charge on any atom is -0.356 e. The van der Waals surface area contributed by atoms with Crippen molar-refractivity contribution in [3.05, 3.63) is 10.1 Å². The maximum absolute atomic E-state index is 10.0. The van der Waals surface area contributed by atoms with Crippen LogP contribution in [0.15, 0.2) is 0 Å². The van der Waals surface area contributed by atoms with E-state index in [2.05, 4.69) is 0 Å². The van der Waals surface area contributed by atoms with Crippen LogP contribution >= 0.6 is 34.8 Å². The molecule has 0 aromatic rings. The van der Waals surface area contributed by atoms with Gasteiger partial charge in [0.15, 0.2) is 0 Å². The summed E-state index contributed by atoms with van der Waals surface area (Å²) in [6, 6.07) is 0. The molecule has 0 aliphatic heterocycles. The molecule has 0 amide bonds. The van der Waals surface area contributed by atoms with Crippen molar-refractivity contribution in [3.63, 3.8) is 0 Å². The molecule has 0 aromatic carbocycles. The Hall–Kier alpha value is 0.230. The Morgan fingerprint density at radius 1 is 1.50 bits per heavy atom. The number of alkyl halides is 3. The highest BCUT2D eigenvalue weighted by Gasteiger charge is 2.54. The molecule has 0 aliphatic rings. The Morgan fingerprint density at radius 2 is 1.80 bits per heavy atom. The molecule has 10 heavy (non-hydrogen) atoms. The van der Waals surface area contributed by atoms with Crippen molar-refractivity contribution in [2.75, 3.05) is 0 Å². The van der Waals surface area contributed by atoms with Crippen LogP contribution in [0.3, 0.4) is 0 Å². The molecule has 1 unspecified atom stereocenters. The minimum atomic E-state index is -2.57. The predicted octanol–water partition coefficient (Wildman–Crippen LogP) is 1.34. The molecule has 1 atom stereocenters. The van der Waals surface area contributed by atoms with Gasteiger partial charge in [0.05, 0.1) is 0 Å². The Kier molecular flexibility index (Phi) is 2.76. The third-order valence-electron chi connectivity index (χ3n) is 0.892. The van der Waals surface area contributed by atoms with Crippen LogP contribution in [0, 0.1) is 10.1 Å². The van der Waals surface area contributed by atoms with E-state index in [0.717, 1.165) is 6.92 Å². The molecule has 0 rings (SSSR count). The summed E-state index contributed by atoms with van der Waals surface area (Å²) in [6.07, 6.45) is 0. The number of nitrogens with zero attached hydrogens (tertiary/aromatic N) is 1. The molecule has 0 radical (unpaired) electrons. The summed E-state index contributed by atoms with van der Waals surface area (Å²) in [5.74, 6) is 0. The van der Waals surface area contributed by atoms with Gasteiger partial charge in [-0.15, -0.1) is 0 Å². The van der Waals surface area contributed by atoms with Crippen LogP contribution in [-0.4, -0.2) is 19.5 Å². The van der Waals surface area contributed by atoms with Gasteiger partial charge in [0, 0.05) is 11.8 Å². The van der Waals surface area contributed by atoms with Crippen LogP contribution in [0.25, 0.3) is 0 Å². The number of hydrogen-bond donors (Lipinski definition) is 1. The third kappa shape index (κ3) is 1.85. The van der Waals surface area contributed by atoms with Crippen LogP contribution in [0.2, 0.25) is 0 Å². The van der Waals surface area contributed by atoms with Gasteiger partial charge in [0.25, 0.3) is 0 Å². The normalized spacial score (nSPS) is 18.1. The smallest absolute Gasteiger partial charge is 0.349 e. The average molecular weight is 208 g/mol. The first-order chi connectivity index (χ1) is 4.19. The summed E-state index contributed by atoms with van der Waals surface area (Å²) in [4.78, 5) is 6.75. The van der Waals surface area contributed by atoms with Crippen molar-refractivity contribution in [1.29, 1.82) is 0 Å². The average Bonchev–Trinajstić information content (AvgIpc) is 1.62. The number of aliphatic hydroxyl groups is 1. The number of halogens is 3. The summed E-state index contributed by atoms with van der Waals surface area (Å²) in [7, 11) is 0. The monoisotopic (exact) mass is 207 g/mol. The van der Waals surface area contributed by atoms with E-state index in [-0.39, 0.29) is 0 Å². The highest BCUT2D eigenvalue weighted by molar-refractivity contribution is 6.51. The van der Waals surface area contributed by atoms with Crippen LogP contribution in [0.1, 0.15) is 6.92 Å². The third-order valence-corrected chi connectivity index (χ3v) is 2.23. The Balaban J connectivity index is 4.57. The zero-order valence-corrected chi connectivity index (χ0v) is 7.11. The summed E-state index contributed by atoms with van der Waals surface area (Å²) in [5, 5.41) is 18.7. The minimum absolute atomic E-state index is 0.897. The molecule has 7 heteroatoms. The van der Waals surface area contributed by atoms with E-state index in [1.807, 2.05) is 0 Å². The van der Waals surface area contributed by atoms with Crippen molar-refractivity contribution >= 4 is 34.8 Å². The number of nitro groups is 1. The first kappa shape index (κ1) is 10.2. The lowest BCUT2D eigenvalue weighted by atomic mass is 10.4. The SMILES string of the molecule is CC(Cl)([N+](=O)[O-])C(O)(Cl)Cl. The van der Waals surface area contributed by atoms with Gasteiger partial charge in [-0.05, 0) is 11.6 Å². The maximum Gasteiger partial charge on any atom is 0.349 e. The summed E-state index contributed by atoms with van der Waals surface area (Å²) in [6.45, 7) is 0.897. The van der Waals surface area contributed by atoms with Crippen LogP contribution in [0.5, 0.6) is 0 Å². The lowest BCUT2D eigenvalue weighted by Gasteiger charge is -2.20. The van der Waals surface area contributed by atoms with Crippen molar-refractivity contribution < 1.29 is 10.0 Å². The molecule has 0 spiro atoms. The van der Waals surface area contributed by atoms with E-state index in [9.17, 15) is 10.1 Å². The largest absolute Gasteiger partial charge is 0.356 e. The van der Waals surface area contributed by atoms with Gasteiger partial charge in [-0.3, -0.25) is 10.1 Å². The van der Waals surface area contributed by atoms with Crippen LogP contribution < -0.4 is 0 Å². The zero-order valence-electron chi connectivity index (χ0n) is 4.84. The standard InChI is InChI=1S/C3H4Cl3NO3/c1-2(4,7(9)10)3(5,6)8/h8H,1H3. The molecule has 0 aliphatic carbocycles. The highest BCUT2D eigenvalue weighted by Crippen LogP contribution is 2.36. The fourth-order valence-corrected chi connectivity index (χ4v) is 0.248. The summed E-state index contributed by atoms with van der Waals surface area (Å²) < 4.78 is -2.57. The van der Waals surface area contributed by atoms with E-state index in [4.69, 9.17) is 39.9 Å². The molecule has 0 bridgehead atoms. The second-order valence-electron chi connectivity index (χ2n) is 1.75.